The number of aromatic nitrogens is 2. The minimum Gasteiger partial charge on any atom is -0.486 e. The first-order valence-corrected chi connectivity index (χ1v) is 9.99. The normalized spacial score (nSPS) is 15.8. The van der Waals surface area contributed by atoms with E-state index in [9.17, 15) is 4.79 Å². The highest BCUT2D eigenvalue weighted by atomic mass is 16.6. The Morgan fingerprint density at radius 2 is 1.83 bits per heavy atom. The zero-order valence-corrected chi connectivity index (χ0v) is 16.7. The van der Waals surface area contributed by atoms with Crippen molar-refractivity contribution in [3.05, 3.63) is 47.8 Å². The summed E-state index contributed by atoms with van der Waals surface area (Å²) in [5, 5.41) is 4.20. The molecule has 1 N–H and O–H groups in total. The van der Waals surface area contributed by atoms with Gasteiger partial charge in [0.05, 0.1) is 24.5 Å². The average Bonchev–Trinajstić information content (AvgIpc) is 2.79. The summed E-state index contributed by atoms with van der Waals surface area (Å²) in [5.74, 6) is 1.32. The summed E-state index contributed by atoms with van der Waals surface area (Å²) in [6.07, 6.45) is 1.60. The predicted octanol–water partition coefficient (Wildman–Crippen LogP) is 2.93. The highest BCUT2D eigenvalue weighted by Gasteiger charge is 2.24. The highest BCUT2D eigenvalue weighted by molar-refractivity contribution is 6.07. The SMILES string of the molecule is Cc1ccc2c(Nc3ccc4c(c3)OCCO4)c(C(=O)N3CCOCC3)cnc2n1. The molecule has 4 heterocycles. The number of rotatable bonds is 3. The van der Waals surface area contributed by atoms with E-state index in [2.05, 4.69) is 15.3 Å². The molecule has 0 bridgehead atoms. The Balaban J connectivity index is 1.58. The van der Waals surface area contributed by atoms with Crippen molar-refractivity contribution < 1.29 is 19.0 Å². The van der Waals surface area contributed by atoms with E-state index in [1.807, 2.05) is 37.3 Å². The average molecular weight is 406 g/mol. The standard InChI is InChI=1S/C22H22N4O4/c1-14-2-4-16-20(25-15-3-5-18-19(12-15)30-11-10-29-18)17(13-23-21(16)24-14)22(27)26-6-8-28-9-7-26/h2-5,12-13H,6-11H2,1H3,(H,23,24,25). The van der Waals surface area contributed by atoms with Gasteiger partial charge < -0.3 is 24.4 Å². The van der Waals surface area contributed by atoms with E-state index in [1.54, 1.807) is 11.1 Å². The molecule has 1 aromatic carbocycles. The summed E-state index contributed by atoms with van der Waals surface area (Å²) in [6.45, 7) is 5.17. The summed E-state index contributed by atoms with van der Waals surface area (Å²) in [6, 6.07) is 9.52. The molecule has 0 atom stereocenters. The molecule has 154 valence electrons. The fourth-order valence-electron chi connectivity index (χ4n) is 3.67. The van der Waals surface area contributed by atoms with Gasteiger partial charge in [-0.3, -0.25) is 4.79 Å². The Morgan fingerprint density at radius 1 is 1.03 bits per heavy atom. The van der Waals surface area contributed by atoms with Crippen LogP contribution in [-0.4, -0.2) is 60.3 Å². The fraction of sp³-hybridized carbons (Fsp3) is 0.318. The molecule has 3 aromatic rings. The van der Waals surface area contributed by atoms with Gasteiger partial charge in [0.2, 0.25) is 0 Å². The van der Waals surface area contributed by atoms with Crippen molar-refractivity contribution in [1.82, 2.24) is 14.9 Å². The molecule has 0 radical (unpaired) electrons. The van der Waals surface area contributed by atoms with Crippen LogP contribution >= 0.6 is 0 Å². The third kappa shape index (κ3) is 3.50. The number of pyridine rings is 2. The van der Waals surface area contributed by atoms with Crippen LogP contribution in [0.2, 0.25) is 0 Å². The molecule has 2 aromatic heterocycles. The van der Waals surface area contributed by atoms with Crippen LogP contribution in [0.1, 0.15) is 16.1 Å². The van der Waals surface area contributed by atoms with Gasteiger partial charge in [-0.05, 0) is 31.2 Å². The van der Waals surface area contributed by atoms with Gasteiger partial charge in [0.15, 0.2) is 17.1 Å². The first-order valence-electron chi connectivity index (χ1n) is 9.99. The Morgan fingerprint density at radius 3 is 2.67 bits per heavy atom. The Labute approximate surface area is 173 Å². The van der Waals surface area contributed by atoms with Crippen molar-refractivity contribution in [2.75, 3.05) is 44.8 Å². The van der Waals surface area contributed by atoms with E-state index in [4.69, 9.17) is 14.2 Å². The number of morpholine rings is 1. The lowest BCUT2D eigenvalue weighted by Gasteiger charge is -2.28. The number of benzene rings is 1. The van der Waals surface area contributed by atoms with Crippen molar-refractivity contribution in [3.63, 3.8) is 0 Å². The summed E-state index contributed by atoms with van der Waals surface area (Å²) >= 11 is 0. The number of anilines is 2. The molecule has 2 aliphatic heterocycles. The first-order chi connectivity index (χ1) is 14.7. The molecule has 1 saturated heterocycles. The highest BCUT2D eigenvalue weighted by Crippen LogP contribution is 2.36. The predicted molar refractivity (Wildman–Crippen MR) is 112 cm³/mol. The van der Waals surface area contributed by atoms with Crippen molar-refractivity contribution >= 4 is 28.3 Å². The quantitative estimate of drug-likeness (QED) is 0.716. The van der Waals surface area contributed by atoms with Crippen LogP contribution in [0.15, 0.2) is 36.5 Å². The molecule has 0 saturated carbocycles. The number of amides is 1. The van der Waals surface area contributed by atoms with E-state index in [0.717, 1.165) is 16.8 Å². The third-order valence-electron chi connectivity index (χ3n) is 5.21. The van der Waals surface area contributed by atoms with Crippen LogP contribution in [-0.2, 0) is 4.74 Å². The van der Waals surface area contributed by atoms with Gasteiger partial charge in [-0.2, -0.15) is 0 Å². The molecule has 1 fully saturated rings. The van der Waals surface area contributed by atoms with Crippen LogP contribution < -0.4 is 14.8 Å². The zero-order chi connectivity index (χ0) is 20.5. The van der Waals surface area contributed by atoms with Crippen molar-refractivity contribution in [2.45, 2.75) is 6.92 Å². The van der Waals surface area contributed by atoms with E-state index < -0.39 is 0 Å². The van der Waals surface area contributed by atoms with Crippen molar-refractivity contribution in [2.24, 2.45) is 0 Å². The molecule has 1 amide bonds. The van der Waals surface area contributed by atoms with Crippen molar-refractivity contribution in [1.29, 1.82) is 0 Å². The number of hydrogen-bond acceptors (Lipinski definition) is 7. The second-order valence-corrected chi connectivity index (χ2v) is 7.26. The number of ether oxygens (including phenoxy) is 3. The first kappa shape index (κ1) is 18.6. The maximum atomic E-state index is 13.3. The molecule has 0 unspecified atom stereocenters. The lowest BCUT2D eigenvalue weighted by molar-refractivity contribution is 0.0303. The van der Waals surface area contributed by atoms with Crippen LogP contribution in [0, 0.1) is 6.92 Å². The van der Waals surface area contributed by atoms with Gasteiger partial charge in [-0.1, -0.05) is 0 Å². The van der Waals surface area contributed by atoms with Gasteiger partial charge in [-0.25, -0.2) is 9.97 Å². The molecule has 8 heteroatoms. The Bertz CT molecular complexity index is 1110. The largest absolute Gasteiger partial charge is 0.486 e. The lowest BCUT2D eigenvalue weighted by atomic mass is 10.1. The van der Waals surface area contributed by atoms with Crippen LogP contribution in [0.3, 0.4) is 0 Å². The number of hydrogen-bond donors (Lipinski definition) is 1. The van der Waals surface area contributed by atoms with Gasteiger partial charge in [0.25, 0.3) is 5.91 Å². The number of aryl methyl sites for hydroxylation is 1. The minimum atomic E-state index is -0.0756. The second-order valence-electron chi connectivity index (χ2n) is 7.26. The van der Waals surface area contributed by atoms with E-state index >= 15 is 0 Å². The van der Waals surface area contributed by atoms with Crippen LogP contribution in [0.5, 0.6) is 11.5 Å². The molecule has 30 heavy (non-hydrogen) atoms. The maximum Gasteiger partial charge on any atom is 0.257 e. The number of fused-ring (bicyclic) bond motifs is 2. The number of carbonyl (C=O) groups excluding carboxylic acids is 1. The van der Waals surface area contributed by atoms with Crippen LogP contribution in [0.25, 0.3) is 11.0 Å². The molecule has 0 aliphatic carbocycles. The summed E-state index contributed by atoms with van der Waals surface area (Å²) in [4.78, 5) is 24.1. The summed E-state index contributed by atoms with van der Waals surface area (Å²) in [5.41, 5.74) is 3.44. The lowest BCUT2D eigenvalue weighted by Crippen LogP contribution is -2.41. The topological polar surface area (TPSA) is 85.8 Å². The van der Waals surface area contributed by atoms with E-state index in [0.29, 0.717) is 67.9 Å². The monoisotopic (exact) mass is 406 g/mol. The van der Waals surface area contributed by atoms with Crippen LogP contribution in [0.4, 0.5) is 11.4 Å². The summed E-state index contributed by atoms with van der Waals surface area (Å²) < 4.78 is 16.7. The number of nitrogens with one attached hydrogen (secondary N) is 1. The van der Waals surface area contributed by atoms with Gasteiger partial charge in [0, 0.05) is 42.1 Å². The molecule has 8 nitrogen and oxygen atoms in total. The molecule has 0 spiro atoms. The zero-order valence-electron chi connectivity index (χ0n) is 16.7. The number of nitrogens with zero attached hydrogens (tertiary/aromatic N) is 3. The minimum absolute atomic E-state index is 0.0756. The second kappa shape index (κ2) is 7.79. The molecule has 5 rings (SSSR count). The smallest absolute Gasteiger partial charge is 0.257 e. The molecular weight excluding hydrogens is 384 g/mol. The maximum absolute atomic E-state index is 13.3. The van der Waals surface area contributed by atoms with E-state index in [1.165, 1.54) is 0 Å². The molecular formula is C22H22N4O4. The van der Waals surface area contributed by atoms with E-state index in [-0.39, 0.29) is 5.91 Å². The van der Waals surface area contributed by atoms with Crippen molar-refractivity contribution in [3.8, 4) is 11.5 Å². The number of carbonyl (C=O) groups is 1. The van der Waals surface area contributed by atoms with Gasteiger partial charge in [-0.15, -0.1) is 0 Å². The van der Waals surface area contributed by atoms with Gasteiger partial charge >= 0.3 is 0 Å². The van der Waals surface area contributed by atoms with Gasteiger partial charge in [0.1, 0.15) is 13.2 Å². The third-order valence-corrected chi connectivity index (χ3v) is 5.21. The Hall–Kier alpha value is -3.39. The molecule has 2 aliphatic rings. The summed E-state index contributed by atoms with van der Waals surface area (Å²) in [7, 11) is 0. The fourth-order valence-corrected chi connectivity index (χ4v) is 3.67. The Kier molecular flexibility index (Phi) is 4.84.